The van der Waals surface area contributed by atoms with Crippen molar-refractivity contribution in [2.24, 2.45) is 17.6 Å². The van der Waals surface area contributed by atoms with Crippen LogP contribution < -0.4 is 20.1 Å². The van der Waals surface area contributed by atoms with Crippen LogP contribution in [0.3, 0.4) is 0 Å². The molecule has 0 spiro atoms. The van der Waals surface area contributed by atoms with Crippen LogP contribution in [-0.2, 0) is 14.4 Å². The van der Waals surface area contributed by atoms with E-state index in [9.17, 15) is 14.4 Å². The van der Waals surface area contributed by atoms with Crippen molar-refractivity contribution in [3.8, 4) is 11.5 Å². The Balaban J connectivity index is 1.66. The van der Waals surface area contributed by atoms with E-state index in [1.165, 1.54) is 14.2 Å². The molecule has 3 amide bonds. The van der Waals surface area contributed by atoms with Gasteiger partial charge in [-0.15, -0.1) is 0 Å². The van der Waals surface area contributed by atoms with Crippen molar-refractivity contribution in [2.75, 3.05) is 19.1 Å². The maximum Gasteiger partial charge on any atom is 0.240 e. The number of ether oxygens (including phenoxy) is 2. The highest BCUT2D eigenvalue weighted by molar-refractivity contribution is 6.24. The number of hydrogen-bond donors (Lipinski definition) is 1. The molecular formula is C23H21N3O5. The summed E-state index contributed by atoms with van der Waals surface area (Å²) >= 11 is 0. The normalized spacial score (nSPS) is 25.9. The molecule has 8 nitrogen and oxygen atoms in total. The average Bonchev–Trinajstić information content (AvgIpc) is 3.26. The van der Waals surface area contributed by atoms with E-state index in [1.807, 2.05) is 30.3 Å². The summed E-state index contributed by atoms with van der Waals surface area (Å²) < 4.78 is 10.7. The van der Waals surface area contributed by atoms with Crippen LogP contribution in [0.4, 0.5) is 5.69 Å². The van der Waals surface area contributed by atoms with E-state index in [0.29, 0.717) is 17.2 Å². The van der Waals surface area contributed by atoms with Crippen LogP contribution in [0.1, 0.15) is 17.2 Å². The minimum atomic E-state index is -0.919. The van der Waals surface area contributed by atoms with Gasteiger partial charge < -0.3 is 20.1 Å². The molecule has 0 aromatic heterocycles. The van der Waals surface area contributed by atoms with Gasteiger partial charge >= 0.3 is 0 Å². The highest BCUT2D eigenvalue weighted by Gasteiger charge is 2.64. The van der Waals surface area contributed by atoms with Crippen molar-refractivity contribution in [3.63, 3.8) is 0 Å². The molecule has 31 heavy (non-hydrogen) atoms. The molecule has 2 N–H and O–H groups in total. The summed E-state index contributed by atoms with van der Waals surface area (Å²) in [5.74, 6) is -2.28. The summed E-state index contributed by atoms with van der Waals surface area (Å²) in [6.07, 6.45) is 3.64. The van der Waals surface area contributed by atoms with E-state index in [-0.39, 0.29) is 5.91 Å². The van der Waals surface area contributed by atoms with E-state index in [2.05, 4.69) is 0 Å². The summed E-state index contributed by atoms with van der Waals surface area (Å²) in [6, 6.07) is 11.2. The Kier molecular flexibility index (Phi) is 4.25. The van der Waals surface area contributed by atoms with Gasteiger partial charge in [-0.1, -0.05) is 24.3 Å². The quantitative estimate of drug-likeness (QED) is 0.757. The lowest BCUT2D eigenvalue weighted by Gasteiger charge is -2.34. The predicted molar refractivity (Wildman–Crippen MR) is 112 cm³/mol. The number of nitrogens with two attached hydrogens (primary N) is 1. The number of hydrogen-bond acceptors (Lipinski definition) is 6. The third-order valence-corrected chi connectivity index (χ3v) is 6.38. The van der Waals surface area contributed by atoms with Gasteiger partial charge in [0, 0.05) is 12.3 Å². The topological polar surface area (TPSA) is 102 Å². The van der Waals surface area contributed by atoms with Gasteiger partial charge in [-0.05, 0) is 29.3 Å². The second kappa shape index (κ2) is 6.87. The summed E-state index contributed by atoms with van der Waals surface area (Å²) in [6.45, 7) is 0. The molecule has 2 saturated heterocycles. The molecule has 3 aliphatic rings. The van der Waals surface area contributed by atoms with Crippen LogP contribution >= 0.6 is 0 Å². The molecule has 0 saturated carbocycles. The molecule has 0 aliphatic carbocycles. The monoisotopic (exact) mass is 419 g/mol. The van der Waals surface area contributed by atoms with Crippen LogP contribution in [0, 0.1) is 11.8 Å². The number of imide groups is 1. The maximum absolute atomic E-state index is 13.7. The lowest BCUT2D eigenvalue weighted by atomic mass is 9.84. The minimum Gasteiger partial charge on any atom is -0.497 e. The number of carbonyl (C=O) groups excluding carboxylic acids is 3. The summed E-state index contributed by atoms with van der Waals surface area (Å²) in [5.41, 5.74) is 7.87. The van der Waals surface area contributed by atoms with Crippen molar-refractivity contribution in [1.82, 2.24) is 4.90 Å². The Morgan fingerprint density at radius 3 is 2.45 bits per heavy atom. The van der Waals surface area contributed by atoms with Crippen LogP contribution in [-0.4, -0.2) is 42.9 Å². The zero-order valence-electron chi connectivity index (χ0n) is 17.0. The van der Waals surface area contributed by atoms with Crippen LogP contribution in [0.2, 0.25) is 0 Å². The Morgan fingerprint density at radius 1 is 1.00 bits per heavy atom. The number of methoxy groups -OCH3 is 2. The fourth-order valence-corrected chi connectivity index (χ4v) is 5.09. The standard InChI is InChI=1S/C23H21N3O5/c1-30-13-7-8-16(31-2)15(11-13)26-22(28)17-18(23(26)29)20(21(24)27)25-10-9-12-5-3-4-6-14(12)19(17)25/h3-11,17-20H,1-2H3,(H2,24,27)/t17-,18-,19-,20+/m1/s1. The second-order valence-corrected chi connectivity index (χ2v) is 7.79. The molecule has 0 bridgehead atoms. The smallest absolute Gasteiger partial charge is 0.240 e. The first-order valence-corrected chi connectivity index (χ1v) is 9.91. The first kappa shape index (κ1) is 19.2. The van der Waals surface area contributed by atoms with Crippen LogP contribution in [0.5, 0.6) is 11.5 Å². The van der Waals surface area contributed by atoms with Gasteiger partial charge in [0.2, 0.25) is 17.7 Å². The molecule has 4 atom stereocenters. The third-order valence-electron chi connectivity index (χ3n) is 6.38. The number of nitrogens with zero attached hydrogens (tertiary/aromatic N) is 2. The van der Waals surface area contributed by atoms with Crippen molar-refractivity contribution < 1.29 is 23.9 Å². The predicted octanol–water partition coefficient (Wildman–Crippen LogP) is 1.70. The molecule has 2 fully saturated rings. The van der Waals surface area contributed by atoms with Gasteiger partial charge in [-0.25, -0.2) is 4.90 Å². The first-order valence-electron chi connectivity index (χ1n) is 9.91. The molecule has 0 unspecified atom stereocenters. The van der Waals surface area contributed by atoms with Crippen molar-refractivity contribution in [3.05, 3.63) is 59.8 Å². The molecule has 3 heterocycles. The number of amides is 3. The summed E-state index contributed by atoms with van der Waals surface area (Å²) in [5, 5.41) is 0. The zero-order valence-corrected chi connectivity index (χ0v) is 17.0. The number of primary amides is 1. The number of fused-ring (bicyclic) bond motifs is 5. The second-order valence-electron chi connectivity index (χ2n) is 7.79. The molecule has 5 rings (SSSR count). The summed E-state index contributed by atoms with van der Waals surface area (Å²) in [4.78, 5) is 42.6. The molecule has 2 aromatic rings. The Bertz CT molecular complexity index is 1140. The van der Waals surface area contributed by atoms with Gasteiger partial charge in [0.05, 0.1) is 37.8 Å². The molecule has 3 aliphatic heterocycles. The minimum absolute atomic E-state index is 0.292. The Morgan fingerprint density at radius 2 is 1.74 bits per heavy atom. The van der Waals surface area contributed by atoms with Crippen molar-refractivity contribution in [1.29, 1.82) is 0 Å². The number of anilines is 1. The maximum atomic E-state index is 13.7. The number of rotatable bonds is 4. The highest BCUT2D eigenvalue weighted by atomic mass is 16.5. The fraction of sp³-hybridized carbons (Fsp3) is 0.261. The van der Waals surface area contributed by atoms with Crippen molar-refractivity contribution >= 4 is 29.5 Å². The fourth-order valence-electron chi connectivity index (χ4n) is 5.09. The number of benzene rings is 2. The van der Waals surface area contributed by atoms with E-state index < -0.39 is 35.7 Å². The van der Waals surface area contributed by atoms with Gasteiger partial charge in [-0.2, -0.15) is 0 Å². The van der Waals surface area contributed by atoms with Gasteiger partial charge in [0.25, 0.3) is 0 Å². The average molecular weight is 419 g/mol. The van der Waals surface area contributed by atoms with Crippen molar-refractivity contribution in [2.45, 2.75) is 12.1 Å². The zero-order chi connectivity index (χ0) is 21.9. The molecule has 2 aromatic carbocycles. The Labute approximate surface area is 178 Å². The third kappa shape index (κ3) is 2.57. The molecule has 8 heteroatoms. The lowest BCUT2D eigenvalue weighted by Crippen LogP contribution is -2.46. The lowest BCUT2D eigenvalue weighted by molar-refractivity contribution is -0.129. The SMILES string of the molecule is COc1ccc(OC)c(N2C(=O)[C@@H]3[C@@H](C2=O)[C@H]2c4ccccc4C=CN2[C@@H]3C(N)=O)c1. The summed E-state index contributed by atoms with van der Waals surface area (Å²) in [7, 11) is 2.97. The van der Waals surface area contributed by atoms with Gasteiger partial charge in [0.15, 0.2) is 0 Å². The van der Waals surface area contributed by atoms with E-state index in [0.717, 1.165) is 16.0 Å². The first-order chi connectivity index (χ1) is 15.0. The molecule has 0 radical (unpaired) electrons. The van der Waals surface area contributed by atoms with Gasteiger partial charge in [-0.3, -0.25) is 14.4 Å². The van der Waals surface area contributed by atoms with Crippen LogP contribution in [0.15, 0.2) is 48.7 Å². The largest absolute Gasteiger partial charge is 0.497 e. The molecule has 158 valence electrons. The van der Waals surface area contributed by atoms with E-state index in [1.54, 1.807) is 29.3 Å². The van der Waals surface area contributed by atoms with E-state index >= 15 is 0 Å². The Hall–Kier alpha value is -3.81. The highest BCUT2D eigenvalue weighted by Crippen LogP contribution is 2.53. The number of carbonyl (C=O) groups is 3. The van der Waals surface area contributed by atoms with Gasteiger partial charge in [0.1, 0.15) is 17.5 Å². The van der Waals surface area contributed by atoms with E-state index in [4.69, 9.17) is 15.2 Å². The molecular weight excluding hydrogens is 398 g/mol. The van der Waals surface area contributed by atoms with Crippen LogP contribution in [0.25, 0.3) is 6.08 Å².